The molecule has 0 aliphatic heterocycles. The summed E-state index contributed by atoms with van der Waals surface area (Å²) in [5.74, 6) is 0.895. The van der Waals surface area contributed by atoms with Crippen molar-refractivity contribution in [2.45, 2.75) is 13.8 Å². The van der Waals surface area contributed by atoms with Crippen LogP contribution < -0.4 is 10.1 Å². The second kappa shape index (κ2) is 6.46. The fraction of sp³-hybridized carbons (Fsp3) is 0.278. The van der Waals surface area contributed by atoms with Crippen LogP contribution >= 0.6 is 11.3 Å². The summed E-state index contributed by atoms with van der Waals surface area (Å²) >= 11 is 1.61. The van der Waals surface area contributed by atoms with Gasteiger partial charge in [-0.05, 0) is 32.0 Å². The lowest BCUT2D eigenvalue weighted by atomic mass is 10.1. The van der Waals surface area contributed by atoms with Gasteiger partial charge in [-0.15, -0.1) is 17.9 Å². The maximum atomic E-state index is 5.66. The van der Waals surface area contributed by atoms with Gasteiger partial charge in [0.05, 0.1) is 12.3 Å². The van der Waals surface area contributed by atoms with E-state index in [9.17, 15) is 0 Å². The number of thiazole rings is 1. The molecule has 0 fully saturated rings. The molecular weight excluding hydrogens is 306 g/mol. The standard InChI is InChI=1S/C18H21N3OS/c1-5-9-19-18-20-15(11-23-18)17-12(3)21(4)16-8-7-13(22-6-2)10-14(16)17/h5,7-8,10-11H,1,6,9H2,2-4H3,(H,19,20). The minimum Gasteiger partial charge on any atom is -0.494 e. The Bertz CT molecular complexity index is 847. The highest BCUT2D eigenvalue weighted by Crippen LogP contribution is 2.37. The molecule has 2 heterocycles. The zero-order valence-electron chi connectivity index (χ0n) is 13.7. The summed E-state index contributed by atoms with van der Waals surface area (Å²) in [7, 11) is 2.09. The van der Waals surface area contributed by atoms with Crippen molar-refractivity contribution in [3.63, 3.8) is 0 Å². The minimum absolute atomic E-state index is 0.666. The van der Waals surface area contributed by atoms with Crippen molar-refractivity contribution in [2.24, 2.45) is 7.05 Å². The Morgan fingerprint density at radius 3 is 3.00 bits per heavy atom. The monoisotopic (exact) mass is 327 g/mol. The van der Waals surface area contributed by atoms with Crippen molar-refractivity contribution >= 4 is 27.4 Å². The molecule has 0 spiro atoms. The molecule has 1 aromatic carbocycles. The van der Waals surface area contributed by atoms with Gasteiger partial charge < -0.3 is 14.6 Å². The fourth-order valence-electron chi connectivity index (χ4n) is 2.76. The smallest absolute Gasteiger partial charge is 0.183 e. The highest BCUT2D eigenvalue weighted by Gasteiger charge is 2.17. The third-order valence-corrected chi connectivity index (χ3v) is 4.73. The molecule has 0 unspecified atom stereocenters. The minimum atomic E-state index is 0.666. The first-order valence-corrected chi connectivity index (χ1v) is 8.56. The number of anilines is 1. The molecule has 0 aliphatic rings. The van der Waals surface area contributed by atoms with Crippen LogP contribution in [0.4, 0.5) is 5.13 Å². The van der Waals surface area contributed by atoms with Gasteiger partial charge in [0.25, 0.3) is 0 Å². The molecule has 0 saturated heterocycles. The normalized spacial score (nSPS) is 10.9. The predicted molar refractivity (Wildman–Crippen MR) is 98.6 cm³/mol. The second-order valence-electron chi connectivity index (χ2n) is 5.34. The molecule has 3 rings (SSSR count). The van der Waals surface area contributed by atoms with Gasteiger partial charge in [0.1, 0.15) is 5.75 Å². The zero-order chi connectivity index (χ0) is 16.4. The molecule has 0 amide bonds. The van der Waals surface area contributed by atoms with E-state index < -0.39 is 0 Å². The van der Waals surface area contributed by atoms with E-state index in [0.717, 1.165) is 23.1 Å². The first kappa shape index (κ1) is 15.6. The average molecular weight is 327 g/mol. The van der Waals surface area contributed by atoms with Crippen molar-refractivity contribution in [3.8, 4) is 17.0 Å². The van der Waals surface area contributed by atoms with E-state index >= 15 is 0 Å². The number of benzene rings is 1. The van der Waals surface area contributed by atoms with E-state index in [1.807, 2.05) is 19.1 Å². The topological polar surface area (TPSA) is 39.1 Å². The number of aromatic nitrogens is 2. The molecule has 0 aliphatic carbocycles. The lowest BCUT2D eigenvalue weighted by Gasteiger charge is -2.03. The molecule has 1 N–H and O–H groups in total. The summed E-state index contributed by atoms with van der Waals surface area (Å²) in [5.41, 5.74) is 4.56. The second-order valence-corrected chi connectivity index (χ2v) is 6.20. The van der Waals surface area contributed by atoms with E-state index in [-0.39, 0.29) is 0 Å². The number of nitrogens with zero attached hydrogens (tertiary/aromatic N) is 2. The maximum absolute atomic E-state index is 5.66. The first-order chi connectivity index (χ1) is 11.2. The quantitative estimate of drug-likeness (QED) is 0.672. The highest BCUT2D eigenvalue weighted by atomic mass is 32.1. The van der Waals surface area contributed by atoms with Crippen LogP contribution in [0.1, 0.15) is 12.6 Å². The van der Waals surface area contributed by atoms with Crippen molar-refractivity contribution in [1.82, 2.24) is 9.55 Å². The van der Waals surface area contributed by atoms with Gasteiger partial charge in [-0.3, -0.25) is 0 Å². The summed E-state index contributed by atoms with van der Waals surface area (Å²) < 4.78 is 7.87. The summed E-state index contributed by atoms with van der Waals surface area (Å²) in [6.07, 6.45) is 1.83. The van der Waals surface area contributed by atoms with Gasteiger partial charge in [-0.2, -0.15) is 0 Å². The number of ether oxygens (including phenoxy) is 1. The summed E-state index contributed by atoms with van der Waals surface area (Å²) in [6, 6.07) is 6.24. The lowest BCUT2D eigenvalue weighted by Crippen LogP contribution is -1.96. The molecule has 5 heteroatoms. The number of fused-ring (bicyclic) bond motifs is 1. The number of rotatable bonds is 6. The van der Waals surface area contributed by atoms with Crippen LogP contribution in [-0.4, -0.2) is 22.7 Å². The molecule has 23 heavy (non-hydrogen) atoms. The molecule has 120 valence electrons. The van der Waals surface area contributed by atoms with Crippen molar-refractivity contribution in [2.75, 3.05) is 18.5 Å². The predicted octanol–water partition coefficient (Wildman–Crippen LogP) is 4.61. The van der Waals surface area contributed by atoms with E-state index in [4.69, 9.17) is 9.72 Å². The van der Waals surface area contributed by atoms with Crippen LogP contribution in [0, 0.1) is 6.92 Å². The summed E-state index contributed by atoms with van der Waals surface area (Å²) in [4.78, 5) is 4.72. The zero-order valence-corrected chi connectivity index (χ0v) is 14.5. The largest absolute Gasteiger partial charge is 0.494 e. The Morgan fingerprint density at radius 1 is 1.43 bits per heavy atom. The van der Waals surface area contributed by atoms with Gasteiger partial charge in [-0.25, -0.2) is 4.98 Å². The van der Waals surface area contributed by atoms with Crippen LogP contribution in [-0.2, 0) is 7.05 Å². The molecule has 0 bridgehead atoms. The van der Waals surface area contributed by atoms with E-state index in [1.54, 1.807) is 11.3 Å². The van der Waals surface area contributed by atoms with Gasteiger partial charge in [-0.1, -0.05) is 6.08 Å². The van der Waals surface area contributed by atoms with Gasteiger partial charge >= 0.3 is 0 Å². The summed E-state index contributed by atoms with van der Waals surface area (Å²) in [5, 5.41) is 7.44. The van der Waals surface area contributed by atoms with Crippen LogP contribution in [0.15, 0.2) is 36.2 Å². The van der Waals surface area contributed by atoms with E-state index in [1.165, 1.54) is 22.2 Å². The molecule has 3 aromatic rings. The number of hydrogen-bond acceptors (Lipinski definition) is 4. The Balaban J connectivity index is 2.11. The third-order valence-electron chi connectivity index (χ3n) is 3.93. The van der Waals surface area contributed by atoms with Crippen LogP contribution in [0.3, 0.4) is 0 Å². The van der Waals surface area contributed by atoms with Crippen LogP contribution in [0.25, 0.3) is 22.2 Å². The van der Waals surface area contributed by atoms with Gasteiger partial charge in [0.2, 0.25) is 0 Å². The fourth-order valence-corrected chi connectivity index (χ4v) is 3.47. The van der Waals surface area contributed by atoms with Crippen LogP contribution in [0.2, 0.25) is 0 Å². The highest BCUT2D eigenvalue weighted by molar-refractivity contribution is 7.14. The first-order valence-electron chi connectivity index (χ1n) is 7.68. The lowest BCUT2D eigenvalue weighted by molar-refractivity contribution is 0.341. The number of aryl methyl sites for hydroxylation is 1. The summed E-state index contributed by atoms with van der Waals surface area (Å²) in [6.45, 7) is 9.24. The Hall–Kier alpha value is -2.27. The number of hydrogen-bond donors (Lipinski definition) is 1. The van der Waals surface area contributed by atoms with Crippen molar-refractivity contribution < 1.29 is 4.74 Å². The molecule has 0 saturated carbocycles. The molecule has 4 nitrogen and oxygen atoms in total. The van der Waals surface area contributed by atoms with Crippen molar-refractivity contribution in [1.29, 1.82) is 0 Å². The van der Waals surface area contributed by atoms with Crippen LogP contribution in [0.5, 0.6) is 5.75 Å². The molecule has 0 radical (unpaired) electrons. The Morgan fingerprint density at radius 2 is 2.26 bits per heavy atom. The Labute approximate surface area is 140 Å². The third kappa shape index (κ3) is 2.84. The maximum Gasteiger partial charge on any atom is 0.183 e. The molecule has 0 atom stereocenters. The van der Waals surface area contributed by atoms with E-state index in [0.29, 0.717) is 6.61 Å². The molecular formula is C18H21N3OS. The van der Waals surface area contributed by atoms with Gasteiger partial charge in [0.15, 0.2) is 5.13 Å². The SMILES string of the molecule is C=CCNc1nc(-c2c(C)n(C)c3ccc(OCC)cc23)cs1. The number of nitrogens with one attached hydrogen (secondary N) is 1. The molecule has 2 aromatic heterocycles. The van der Waals surface area contributed by atoms with Gasteiger partial charge in [0, 0.05) is 41.1 Å². The average Bonchev–Trinajstić information content (AvgIpc) is 3.10. The Kier molecular flexibility index (Phi) is 4.39. The van der Waals surface area contributed by atoms with Crippen molar-refractivity contribution in [3.05, 3.63) is 41.9 Å². The van der Waals surface area contributed by atoms with E-state index in [2.05, 4.69) is 47.9 Å².